The molecule has 9 heteroatoms. The van der Waals surface area contributed by atoms with Gasteiger partial charge in [-0.15, -0.1) is 5.10 Å². The maximum Gasteiger partial charge on any atom is 0.255 e. The largest absolute Gasteiger partial charge is 0.496 e. The van der Waals surface area contributed by atoms with E-state index in [0.717, 1.165) is 57.3 Å². The van der Waals surface area contributed by atoms with Crippen LogP contribution in [0.1, 0.15) is 67.4 Å². The second-order valence-corrected chi connectivity index (χ2v) is 12.3. The van der Waals surface area contributed by atoms with Gasteiger partial charge in [-0.3, -0.25) is 9.48 Å². The molecule has 0 fully saturated rings. The first-order valence-corrected chi connectivity index (χ1v) is 14.0. The maximum atomic E-state index is 13.6. The van der Waals surface area contributed by atoms with Crippen LogP contribution in [-0.4, -0.2) is 56.3 Å². The third kappa shape index (κ3) is 6.68. The standard InChI is InChI=1S/C32H43N7O2/c1-20(2)17-37(8)18-24-13-25(15-27(30(24)41-10)32(5,6)7)34-31(40)23-12-11-21(3)29(14-23)39-19-28(35-36-39)26-16-33-38(9)22(26)4/h11-16,19-20H,17-18H2,1-10H3,(H,34,40). The summed E-state index contributed by atoms with van der Waals surface area (Å²) in [6.07, 6.45) is 3.66. The van der Waals surface area contributed by atoms with E-state index in [0.29, 0.717) is 18.0 Å². The van der Waals surface area contributed by atoms with Crippen molar-refractivity contribution < 1.29 is 9.53 Å². The number of hydrogen-bond donors (Lipinski definition) is 1. The number of anilines is 1. The first kappa shape index (κ1) is 30.0. The number of methoxy groups -OCH3 is 1. The van der Waals surface area contributed by atoms with E-state index >= 15 is 0 Å². The van der Waals surface area contributed by atoms with E-state index < -0.39 is 0 Å². The predicted molar refractivity (Wildman–Crippen MR) is 164 cm³/mol. The van der Waals surface area contributed by atoms with Gasteiger partial charge < -0.3 is 15.0 Å². The maximum absolute atomic E-state index is 13.6. The van der Waals surface area contributed by atoms with Crippen molar-refractivity contribution in [3.8, 4) is 22.7 Å². The average Bonchev–Trinajstić information content (AvgIpc) is 3.49. The summed E-state index contributed by atoms with van der Waals surface area (Å²) in [6.45, 7) is 16.6. The van der Waals surface area contributed by atoms with Crippen LogP contribution < -0.4 is 10.1 Å². The van der Waals surface area contributed by atoms with Crippen LogP contribution in [-0.2, 0) is 19.0 Å². The quantitative estimate of drug-likeness (QED) is 0.274. The molecule has 1 amide bonds. The van der Waals surface area contributed by atoms with Gasteiger partial charge in [-0.05, 0) is 62.1 Å². The van der Waals surface area contributed by atoms with Crippen molar-refractivity contribution in [2.24, 2.45) is 13.0 Å². The number of nitrogens with one attached hydrogen (secondary N) is 1. The van der Waals surface area contributed by atoms with Gasteiger partial charge in [-0.1, -0.05) is 45.9 Å². The Morgan fingerprint density at radius 2 is 1.88 bits per heavy atom. The summed E-state index contributed by atoms with van der Waals surface area (Å²) in [4.78, 5) is 15.9. The normalized spacial score (nSPS) is 11.9. The number of hydrogen-bond acceptors (Lipinski definition) is 6. The molecule has 0 saturated carbocycles. The number of amides is 1. The molecule has 0 aliphatic rings. The van der Waals surface area contributed by atoms with Crippen molar-refractivity contribution in [3.05, 3.63) is 70.7 Å². The lowest BCUT2D eigenvalue weighted by Gasteiger charge is -2.27. The van der Waals surface area contributed by atoms with Gasteiger partial charge in [0.1, 0.15) is 11.4 Å². The molecular weight excluding hydrogens is 514 g/mol. The van der Waals surface area contributed by atoms with Gasteiger partial charge >= 0.3 is 0 Å². The highest BCUT2D eigenvalue weighted by atomic mass is 16.5. The topological polar surface area (TPSA) is 90.1 Å². The lowest BCUT2D eigenvalue weighted by molar-refractivity contribution is 0.102. The van der Waals surface area contributed by atoms with E-state index in [4.69, 9.17) is 4.74 Å². The number of aromatic nitrogens is 5. The SMILES string of the molecule is COc1c(CN(C)CC(C)C)cc(NC(=O)c2ccc(C)c(-n3cc(-c4cnn(C)c4C)nn3)c2)cc1C(C)(C)C. The van der Waals surface area contributed by atoms with Crippen LogP contribution in [0.25, 0.3) is 16.9 Å². The fraction of sp³-hybridized carbons (Fsp3) is 0.438. The molecule has 9 nitrogen and oxygen atoms in total. The minimum atomic E-state index is -0.193. The minimum absolute atomic E-state index is 0.175. The lowest BCUT2D eigenvalue weighted by Crippen LogP contribution is -2.24. The van der Waals surface area contributed by atoms with Gasteiger partial charge in [-0.2, -0.15) is 5.10 Å². The monoisotopic (exact) mass is 557 g/mol. The molecule has 2 heterocycles. The highest BCUT2D eigenvalue weighted by Crippen LogP contribution is 2.37. The lowest BCUT2D eigenvalue weighted by atomic mass is 9.84. The van der Waals surface area contributed by atoms with Crippen LogP contribution in [0.5, 0.6) is 5.75 Å². The van der Waals surface area contributed by atoms with Crippen LogP contribution >= 0.6 is 0 Å². The van der Waals surface area contributed by atoms with E-state index in [1.54, 1.807) is 18.0 Å². The Morgan fingerprint density at radius 3 is 2.49 bits per heavy atom. The minimum Gasteiger partial charge on any atom is -0.496 e. The molecule has 2 aromatic heterocycles. The molecule has 0 spiro atoms. The third-order valence-corrected chi connectivity index (χ3v) is 7.28. The Bertz CT molecular complexity index is 1540. The van der Waals surface area contributed by atoms with Crippen LogP contribution in [0.3, 0.4) is 0 Å². The molecule has 0 radical (unpaired) electrons. The highest BCUT2D eigenvalue weighted by Gasteiger charge is 2.24. The number of carbonyl (C=O) groups excluding carboxylic acids is 1. The van der Waals surface area contributed by atoms with Crippen molar-refractivity contribution in [1.82, 2.24) is 29.7 Å². The average molecular weight is 558 g/mol. The Labute approximate surface area is 243 Å². The molecule has 0 saturated heterocycles. The summed E-state index contributed by atoms with van der Waals surface area (Å²) in [5.41, 5.74) is 7.63. The van der Waals surface area contributed by atoms with Gasteiger partial charge in [0.2, 0.25) is 0 Å². The van der Waals surface area contributed by atoms with Gasteiger partial charge in [0, 0.05) is 53.8 Å². The smallest absolute Gasteiger partial charge is 0.255 e. The van der Waals surface area contributed by atoms with Crippen molar-refractivity contribution in [2.75, 3.05) is 26.0 Å². The summed E-state index contributed by atoms with van der Waals surface area (Å²) in [6, 6.07) is 9.67. The fourth-order valence-electron chi connectivity index (χ4n) is 5.11. The van der Waals surface area contributed by atoms with Crippen molar-refractivity contribution >= 4 is 11.6 Å². The summed E-state index contributed by atoms with van der Waals surface area (Å²) < 4.78 is 9.43. The Hall–Kier alpha value is -3.98. The Balaban J connectivity index is 1.65. The van der Waals surface area contributed by atoms with Crippen LogP contribution in [0, 0.1) is 19.8 Å². The summed E-state index contributed by atoms with van der Waals surface area (Å²) in [5, 5.41) is 16.2. The van der Waals surface area contributed by atoms with Crippen LogP contribution in [0.15, 0.2) is 42.7 Å². The molecule has 1 N–H and O–H groups in total. The number of aryl methyl sites for hydroxylation is 2. The molecule has 0 unspecified atom stereocenters. The van der Waals surface area contributed by atoms with Crippen molar-refractivity contribution in [3.63, 3.8) is 0 Å². The van der Waals surface area contributed by atoms with E-state index in [1.807, 2.05) is 62.1 Å². The molecule has 4 rings (SSSR count). The first-order valence-electron chi connectivity index (χ1n) is 14.0. The highest BCUT2D eigenvalue weighted by molar-refractivity contribution is 6.04. The summed E-state index contributed by atoms with van der Waals surface area (Å²) in [7, 11) is 5.73. The van der Waals surface area contributed by atoms with Gasteiger partial charge in [0.05, 0.1) is 25.2 Å². The number of carbonyl (C=O) groups is 1. The first-order chi connectivity index (χ1) is 19.3. The molecule has 0 atom stereocenters. The Morgan fingerprint density at radius 1 is 1.15 bits per heavy atom. The zero-order chi connectivity index (χ0) is 30.1. The van der Waals surface area contributed by atoms with E-state index in [-0.39, 0.29) is 11.3 Å². The molecule has 2 aromatic carbocycles. The molecule has 41 heavy (non-hydrogen) atoms. The second-order valence-electron chi connectivity index (χ2n) is 12.3. The zero-order valence-electron chi connectivity index (χ0n) is 26.0. The number of nitrogens with zero attached hydrogens (tertiary/aromatic N) is 6. The van der Waals surface area contributed by atoms with E-state index in [9.17, 15) is 4.79 Å². The molecule has 218 valence electrons. The van der Waals surface area contributed by atoms with E-state index in [1.165, 1.54) is 0 Å². The van der Waals surface area contributed by atoms with Gasteiger partial charge in [-0.25, -0.2) is 4.68 Å². The summed E-state index contributed by atoms with van der Waals surface area (Å²) in [5.74, 6) is 1.22. The number of rotatable bonds is 9. The second kappa shape index (κ2) is 11.9. The van der Waals surface area contributed by atoms with Crippen LogP contribution in [0.2, 0.25) is 0 Å². The zero-order valence-corrected chi connectivity index (χ0v) is 26.0. The Kier molecular flexibility index (Phi) is 8.68. The van der Waals surface area contributed by atoms with E-state index in [2.05, 4.69) is 67.3 Å². The van der Waals surface area contributed by atoms with Crippen molar-refractivity contribution in [1.29, 1.82) is 0 Å². The molecular formula is C32H43N7O2. The molecule has 4 aromatic rings. The molecule has 0 aliphatic heterocycles. The third-order valence-electron chi connectivity index (χ3n) is 7.28. The molecule has 0 bridgehead atoms. The van der Waals surface area contributed by atoms with Crippen molar-refractivity contribution in [2.45, 2.75) is 60.4 Å². The van der Waals surface area contributed by atoms with Crippen LogP contribution in [0.4, 0.5) is 5.69 Å². The summed E-state index contributed by atoms with van der Waals surface area (Å²) >= 11 is 0. The molecule has 0 aliphatic carbocycles. The number of benzene rings is 2. The fourth-order valence-corrected chi connectivity index (χ4v) is 5.11. The van der Waals surface area contributed by atoms with Gasteiger partial charge in [0.15, 0.2) is 0 Å². The van der Waals surface area contributed by atoms with Gasteiger partial charge in [0.25, 0.3) is 5.91 Å². The number of ether oxygens (including phenoxy) is 1. The predicted octanol–water partition coefficient (Wildman–Crippen LogP) is 5.93.